The SMILES string of the molecule is N/C(=C(\C=NCc1cn2cc(C3CC3)ccc2n1)C(=O)NCc1ncn2ccc(Br)cc12)C(F)F. The van der Waals surface area contributed by atoms with Crippen molar-refractivity contribution in [1.29, 1.82) is 0 Å². The predicted octanol–water partition coefficient (Wildman–Crippen LogP) is 3.99. The number of rotatable bonds is 8. The summed E-state index contributed by atoms with van der Waals surface area (Å²) in [5, 5.41) is 2.61. The van der Waals surface area contributed by atoms with Gasteiger partial charge >= 0.3 is 0 Å². The van der Waals surface area contributed by atoms with Gasteiger partial charge in [-0.25, -0.2) is 18.7 Å². The van der Waals surface area contributed by atoms with E-state index < -0.39 is 18.0 Å². The normalized spacial score (nSPS) is 14.9. The van der Waals surface area contributed by atoms with Crippen LogP contribution in [0.1, 0.15) is 35.7 Å². The molecule has 0 atom stereocenters. The number of nitrogens with two attached hydrogens (primary N) is 1. The third-order valence-corrected chi connectivity index (χ3v) is 6.33. The van der Waals surface area contributed by atoms with Gasteiger partial charge in [0.2, 0.25) is 0 Å². The highest BCUT2D eigenvalue weighted by Gasteiger charge is 2.24. The summed E-state index contributed by atoms with van der Waals surface area (Å²) >= 11 is 3.40. The molecule has 11 heteroatoms. The van der Waals surface area contributed by atoms with E-state index in [-0.39, 0.29) is 18.7 Å². The van der Waals surface area contributed by atoms with E-state index in [1.54, 1.807) is 10.7 Å². The van der Waals surface area contributed by atoms with Crippen LogP contribution in [-0.2, 0) is 17.9 Å². The number of imidazole rings is 2. The summed E-state index contributed by atoms with van der Waals surface area (Å²) in [4.78, 5) is 25.7. The van der Waals surface area contributed by atoms with Gasteiger partial charge in [-0.15, -0.1) is 0 Å². The number of halogens is 3. The van der Waals surface area contributed by atoms with Crippen molar-refractivity contribution in [1.82, 2.24) is 24.1 Å². The van der Waals surface area contributed by atoms with Crippen molar-refractivity contribution < 1.29 is 13.6 Å². The molecule has 1 aliphatic rings. The standard InChI is InChI=1S/C24H22BrF2N7O/c25-16-5-6-33-13-31-19(20(33)7-16)10-30-24(35)18(22(28)23(26)27)9-29-8-17-12-34-11-15(14-1-2-14)3-4-21(34)32-17/h3-7,9,11-14,23H,1-2,8,10,28H2,(H,30,35)/b22-18+,29-9?. The molecule has 0 spiro atoms. The number of carbonyl (C=O) groups excluding carboxylic acids is 1. The molecular formula is C24H22BrF2N7O. The molecule has 3 N–H and O–H groups in total. The Bertz CT molecular complexity index is 1470. The minimum Gasteiger partial charge on any atom is -0.397 e. The Hall–Kier alpha value is -3.60. The number of fused-ring (bicyclic) bond motifs is 2. The van der Waals surface area contributed by atoms with Crippen molar-refractivity contribution in [2.24, 2.45) is 10.7 Å². The highest BCUT2D eigenvalue weighted by atomic mass is 79.9. The molecule has 0 saturated heterocycles. The molecule has 0 unspecified atom stereocenters. The molecule has 1 aliphatic carbocycles. The van der Waals surface area contributed by atoms with E-state index in [0.717, 1.165) is 21.9 Å². The molecule has 0 aliphatic heterocycles. The van der Waals surface area contributed by atoms with Crippen LogP contribution in [0.5, 0.6) is 0 Å². The number of nitrogens with one attached hydrogen (secondary N) is 1. The first-order valence-electron chi connectivity index (χ1n) is 11.0. The molecular weight excluding hydrogens is 520 g/mol. The van der Waals surface area contributed by atoms with Gasteiger partial charge in [-0.1, -0.05) is 22.0 Å². The summed E-state index contributed by atoms with van der Waals surface area (Å²) in [6, 6.07) is 7.73. The molecule has 0 radical (unpaired) electrons. The Morgan fingerprint density at radius 1 is 1.29 bits per heavy atom. The third-order valence-electron chi connectivity index (χ3n) is 5.83. The number of pyridine rings is 2. The quantitative estimate of drug-likeness (QED) is 0.260. The van der Waals surface area contributed by atoms with Crippen molar-refractivity contribution >= 4 is 39.2 Å². The molecule has 4 aromatic heterocycles. The topological polar surface area (TPSA) is 102 Å². The zero-order valence-electron chi connectivity index (χ0n) is 18.5. The van der Waals surface area contributed by atoms with E-state index in [2.05, 4.69) is 48.5 Å². The molecule has 0 aromatic carbocycles. The Morgan fingerprint density at radius 3 is 2.89 bits per heavy atom. The Labute approximate surface area is 207 Å². The number of carbonyl (C=O) groups is 1. The number of hydrogen-bond acceptors (Lipinski definition) is 5. The van der Waals surface area contributed by atoms with E-state index in [0.29, 0.717) is 17.3 Å². The van der Waals surface area contributed by atoms with Crippen LogP contribution in [0.2, 0.25) is 0 Å². The predicted molar refractivity (Wildman–Crippen MR) is 131 cm³/mol. The Morgan fingerprint density at radius 2 is 2.11 bits per heavy atom. The zero-order chi connectivity index (χ0) is 24.5. The van der Waals surface area contributed by atoms with Gasteiger partial charge in [-0.05, 0) is 42.5 Å². The molecule has 4 heterocycles. The van der Waals surface area contributed by atoms with E-state index in [9.17, 15) is 13.6 Å². The van der Waals surface area contributed by atoms with Crippen LogP contribution in [0.25, 0.3) is 11.2 Å². The van der Waals surface area contributed by atoms with Crippen LogP contribution in [-0.4, -0.2) is 37.3 Å². The summed E-state index contributed by atoms with van der Waals surface area (Å²) in [5.74, 6) is -0.139. The van der Waals surface area contributed by atoms with Crippen molar-refractivity contribution in [2.75, 3.05) is 0 Å². The van der Waals surface area contributed by atoms with Gasteiger partial charge < -0.3 is 19.9 Å². The number of aromatic nitrogens is 4. The minimum atomic E-state index is -3.00. The second-order valence-corrected chi connectivity index (χ2v) is 9.30. The molecule has 4 aromatic rings. The molecule has 1 amide bonds. The van der Waals surface area contributed by atoms with E-state index >= 15 is 0 Å². The Balaban J connectivity index is 1.29. The van der Waals surface area contributed by atoms with Crippen LogP contribution >= 0.6 is 15.9 Å². The lowest BCUT2D eigenvalue weighted by atomic mass is 10.2. The fourth-order valence-corrected chi connectivity index (χ4v) is 4.15. The summed E-state index contributed by atoms with van der Waals surface area (Å²) in [5.41, 5.74) is 8.38. The maximum Gasteiger partial charge on any atom is 0.278 e. The van der Waals surface area contributed by atoms with E-state index in [4.69, 9.17) is 5.73 Å². The fraction of sp³-hybridized carbons (Fsp3) is 0.250. The van der Waals surface area contributed by atoms with Gasteiger partial charge in [0.15, 0.2) is 0 Å². The van der Waals surface area contributed by atoms with E-state index in [1.165, 1.54) is 18.4 Å². The number of hydrogen-bond donors (Lipinski definition) is 2. The molecule has 1 saturated carbocycles. The third kappa shape index (κ3) is 5.09. The second kappa shape index (κ2) is 9.57. The van der Waals surface area contributed by atoms with Crippen molar-refractivity contribution in [3.63, 3.8) is 0 Å². The summed E-state index contributed by atoms with van der Waals surface area (Å²) < 4.78 is 31.3. The number of amides is 1. The second-order valence-electron chi connectivity index (χ2n) is 8.39. The van der Waals surface area contributed by atoms with Gasteiger partial charge in [0.25, 0.3) is 12.3 Å². The van der Waals surface area contributed by atoms with Gasteiger partial charge in [-0.3, -0.25) is 9.79 Å². The first-order valence-corrected chi connectivity index (χ1v) is 11.8. The number of nitrogens with zero attached hydrogens (tertiary/aromatic N) is 5. The molecule has 0 bridgehead atoms. The van der Waals surface area contributed by atoms with Gasteiger partial charge in [0.05, 0.1) is 47.6 Å². The van der Waals surface area contributed by atoms with E-state index in [1.807, 2.05) is 35.0 Å². The number of alkyl halides is 2. The smallest absolute Gasteiger partial charge is 0.278 e. The molecule has 8 nitrogen and oxygen atoms in total. The molecule has 5 rings (SSSR count). The first-order chi connectivity index (χ1) is 16.9. The Kier molecular flexibility index (Phi) is 6.33. The van der Waals surface area contributed by atoms with Gasteiger partial charge in [0.1, 0.15) is 5.65 Å². The van der Waals surface area contributed by atoms with Crippen LogP contribution in [0, 0.1) is 0 Å². The zero-order valence-corrected chi connectivity index (χ0v) is 20.1. The highest BCUT2D eigenvalue weighted by molar-refractivity contribution is 9.10. The lowest BCUT2D eigenvalue weighted by Gasteiger charge is -2.08. The first kappa shape index (κ1) is 23.2. The molecule has 180 valence electrons. The van der Waals surface area contributed by atoms with Crippen molar-refractivity contribution in [3.05, 3.63) is 81.9 Å². The van der Waals surface area contributed by atoms with Crippen molar-refractivity contribution in [3.8, 4) is 0 Å². The average Bonchev–Trinajstić information content (AvgIpc) is 3.49. The van der Waals surface area contributed by atoms with Gasteiger partial charge in [0, 0.05) is 29.3 Å². The van der Waals surface area contributed by atoms with Crippen molar-refractivity contribution in [2.45, 2.75) is 38.3 Å². The molecule has 1 fully saturated rings. The summed E-state index contributed by atoms with van der Waals surface area (Å²) in [6.45, 7) is 0.156. The van der Waals surface area contributed by atoms with Crippen LogP contribution < -0.4 is 11.1 Å². The largest absolute Gasteiger partial charge is 0.397 e. The lowest BCUT2D eigenvalue weighted by Crippen LogP contribution is -2.29. The summed E-state index contributed by atoms with van der Waals surface area (Å²) in [6.07, 6.45) is 7.82. The van der Waals surface area contributed by atoms with Gasteiger partial charge in [-0.2, -0.15) is 0 Å². The number of aliphatic imine (C=N–C) groups is 1. The lowest BCUT2D eigenvalue weighted by molar-refractivity contribution is -0.117. The fourth-order valence-electron chi connectivity index (χ4n) is 3.82. The average molecular weight is 542 g/mol. The monoisotopic (exact) mass is 541 g/mol. The minimum absolute atomic E-state index is 0.0371. The van der Waals surface area contributed by atoms with Crippen LogP contribution in [0.3, 0.4) is 0 Å². The number of allylic oxidation sites excluding steroid dienone is 1. The summed E-state index contributed by atoms with van der Waals surface area (Å²) in [7, 11) is 0. The maximum atomic E-state index is 13.3. The van der Waals surface area contributed by atoms with Crippen LogP contribution in [0.4, 0.5) is 8.78 Å². The molecule has 35 heavy (non-hydrogen) atoms. The maximum absolute atomic E-state index is 13.3. The highest BCUT2D eigenvalue weighted by Crippen LogP contribution is 2.39. The van der Waals surface area contributed by atoms with Crippen LogP contribution in [0.15, 0.2) is 69.9 Å².